The summed E-state index contributed by atoms with van der Waals surface area (Å²) in [6, 6.07) is 1.45. The fourth-order valence-corrected chi connectivity index (χ4v) is 1.08. The molecule has 0 amide bonds. The van der Waals surface area contributed by atoms with Gasteiger partial charge in [-0.3, -0.25) is 4.98 Å². The molecule has 1 aromatic rings. The minimum atomic E-state index is -0.320. The summed E-state index contributed by atoms with van der Waals surface area (Å²) in [6.07, 6.45) is 2.81. The summed E-state index contributed by atoms with van der Waals surface area (Å²) in [7, 11) is 0. The standard InChI is InChI=1S/C10H15FN2O/c1-8(7-14)3-12-4-9-2-10(11)6-13-5-9/h2,5-6,8,12,14H,3-4,7H2,1H3. The van der Waals surface area contributed by atoms with Gasteiger partial charge in [0.05, 0.1) is 6.20 Å². The molecule has 0 radical (unpaired) electrons. The summed E-state index contributed by atoms with van der Waals surface area (Å²) in [6.45, 7) is 3.40. The Morgan fingerprint density at radius 2 is 2.36 bits per heavy atom. The lowest BCUT2D eigenvalue weighted by atomic mass is 10.2. The third-order valence-electron chi connectivity index (χ3n) is 1.90. The van der Waals surface area contributed by atoms with Crippen LogP contribution >= 0.6 is 0 Å². The van der Waals surface area contributed by atoms with Crippen LogP contribution in [-0.2, 0) is 6.54 Å². The van der Waals surface area contributed by atoms with E-state index in [1.165, 1.54) is 12.3 Å². The zero-order valence-electron chi connectivity index (χ0n) is 8.20. The molecule has 0 bridgehead atoms. The van der Waals surface area contributed by atoms with Crippen LogP contribution in [0.25, 0.3) is 0 Å². The van der Waals surface area contributed by atoms with Crippen molar-refractivity contribution in [2.75, 3.05) is 13.2 Å². The fourth-order valence-electron chi connectivity index (χ4n) is 1.08. The normalized spacial score (nSPS) is 12.8. The average molecular weight is 198 g/mol. The molecule has 0 aliphatic heterocycles. The van der Waals surface area contributed by atoms with E-state index in [2.05, 4.69) is 10.3 Å². The van der Waals surface area contributed by atoms with Gasteiger partial charge in [0.25, 0.3) is 0 Å². The Morgan fingerprint density at radius 3 is 3.00 bits per heavy atom. The predicted octanol–water partition coefficient (Wildman–Crippen LogP) is 0.939. The van der Waals surface area contributed by atoms with Crippen LogP contribution in [0.2, 0.25) is 0 Å². The highest BCUT2D eigenvalue weighted by Gasteiger charge is 1.99. The summed E-state index contributed by atoms with van der Waals surface area (Å²) in [5.74, 6) is -0.101. The molecule has 1 atom stereocenters. The van der Waals surface area contributed by atoms with E-state index in [4.69, 9.17) is 5.11 Å². The number of nitrogens with zero attached hydrogens (tertiary/aromatic N) is 1. The number of aliphatic hydroxyl groups is 1. The Bertz CT molecular complexity index is 281. The highest BCUT2D eigenvalue weighted by Crippen LogP contribution is 2.00. The molecule has 1 rings (SSSR count). The van der Waals surface area contributed by atoms with Gasteiger partial charge in [-0.25, -0.2) is 4.39 Å². The van der Waals surface area contributed by atoms with Crippen molar-refractivity contribution in [3.05, 3.63) is 29.8 Å². The van der Waals surface area contributed by atoms with Crippen molar-refractivity contribution >= 4 is 0 Å². The Morgan fingerprint density at radius 1 is 1.57 bits per heavy atom. The van der Waals surface area contributed by atoms with Gasteiger partial charge in [-0.15, -0.1) is 0 Å². The van der Waals surface area contributed by atoms with Crippen molar-refractivity contribution in [3.63, 3.8) is 0 Å². The Balaban J connectivity index is 2.31. The number of pyridine rings is 1. The third-order valence-corrected chi connectivity index (χ3v) is 1.90. The molecule has 0 saturated carbocycles. The summed E-state index contributed by atoms with van der Waals surface area (Å²) in [5, 5.41) is 11.9. The van der Waals surface area contributed by atoms with E-state index in [9.17, 15) is 4.39 Å². The first-order valence-corrected chi connectivity index (χ1v) is 4.63. The van der Waals surface area contributed by atoms with E-state index in [0.29, 0.717) is 13.1 Å². The SMILES string of the molecule is CC(CO)CNCc1cncc(F)c1. The minimum absolute atomic E-state index is 0.161. The minimum Gasteiger partial charge on any atom is -0.396 e. The number of hydrogen-bond donors (Lipinski definition) is 2. The van der Waals surface area contributed by atoms with Gasteiger partial charge < -0.3 is 10.4 Å². The maximum absolute atomic E-state index is 12.7. The van der Waals surface area contributed by atoms with Gasteiger partial charge in [0.15, 0.2) is 0 Å². The van der Waals surface area contributed by atoms with Gasteiger partial charge in [0, 0.05) is 25.9 Å². The summed E-state index contributed by atoms with van der Waals surface area (Å²) < 4.78 is 12.7. The molecule has 0 aromatic carbocycles. The van der Waals surface area contributed by atoms with Gasteiger partial charge in [-0.1, -0.05) is 6.92 Å². The highest BCUT2D eigenvalue weighted by atomic mass is 19.1. The number of aliphatic hydroxyl groups excluding tert-OH is 1. The maximum atomic E-state index is 12.7. The molecule has 0 spiro atoms. The van der Waals surface area contributed by atoms with Gasteiger partial charge in [0.2, 0.25) is 0 Å². The number of halogens is 1. The summed E-state index contributed by atoms with van der Waals surface area (Å²) in [5.41, 5.74) is 0.815. The smallest absolute Gasteiger partial charge is 0.141 e. The van der Waals surface area contributed by atoms with Crippen LogP contribution in [0, 0.1) is 11.7 Å². The number of rotatable bonds is 5. The predicted molar refractivity (Wildman–Crippen MR) is 52.2 cm³/mol. The van der Waals surface area contributed by atoms with Crippen LogP contribution in [0.1, 0.15) is 12.5 Å². The van der Waals surface area contributed by atoms with Crippen molar-refractivity contribution in [1.82, 2.24) is 10.3 Å². The molecular formula is C10H15FN2O. The lowest BCUT2D eigenvalue weighted by Crippen LogP contribution is -2.22. The molecule has 1 unspecified atom stereocenters. The van der Waals surface area contributed by atoms with Crippen LogP contribution in [0.15, 0.2) is 18.5 Å². The first-order chi connectivity index (χ1) is 6.72. The quantitative estimate of drug-likeness (QED) is 0.740. The van der Waals surface area contributed by atoms with E-state index in [-0.39, 0.29) is 18.3 Å². The zero-order chi connectivity index (χ0) is 10.4. The number of nitrogens with one attached hydrogen (secondary N) is 1. The second-order valence-corrected chi connectivity index (χ2v) is 3.43. The van der Waals surface area contributed by atoms with Crippen molar-refractivity contribution in [1.29, 1.82) is 0 Å². The molecule has 3 nitrogen and oxygen atoms in total. The van der Waals surface area contributed by atoms with Crippen LogP contribution in [0.4, 0.5) is 4.39 Å². The van der Waals surface area contributed by atoms with Crippen LogP contribution in [-0.4, -0.2) is 23.2 Å². The topological polar surface area (TPSA) is 45.1 Å². The van der Waals surface area contributed by atoms with E-state index in [1.54, 1.807) is 6.20 Å². The first kappa shape index (κ1) is 11.1. The molecule has 14 heavy (non-hydrogen) atoms. The van der Waals surface area contributed by atoms with Crippen LogP contribution < -0.4 is 5.32 Å². The van der Waals surface area contributed by atoms with Gasteiger partial charge in [-0.05, 0) is 17.5 Å². The lowest BCUT2D eigenvalue weighted by molar-refractivity contribution is 0.233. The second kappa shape index (κ2) is 5.67. The Labute approximate surface area is 83.0 Å². The van der Waals surface area contributed by atoms with Crippen molar-refractivity contribution in [2.24, 2.45) is 5.92 Å². The van der Waals surface area contributed by atoms with Gasteiger partial charge in [0.1, 0.15) is 5.82 Å². The molecule has 1 aromatic heterocycles. The average Bonchev–Trinajstić information content (AvgIpc) is 2.17. The molecule has 78 valence electrons. The summed E-state index contributed by atoms with van der Waals surface area (Å²) >= 11 is 0. The fraction of sp³-hybridized carbons (Fsp3) is 0.500. The Kier molecular flexibility index (Phi) is 4.49. The van der Waals surface area contributed by atoms with Gasteiger partial charge in [-0.2, -0.15) is 0 Å². The van der Waals surface area contributed by atoms with E-state index < -0.39 is 0 Å². The number of aromatic nitrogens is 1. The molecule has 0 aliphatic carbocycles. The molecule has 1 heterocycles. The van der Waals surface area contributed by atoms with Gasteiger partial charge >= 0.3 is 0 Å². The first-order valence-electron chi connectivity index (χ1n) is 4.63. The van der Waals surface area contributed by atoms with Crippen molar-refractivity contribution in [3.8, 4) is 0 Å². The third kappa shape index (κ3) is 3.81. The highest BCUT2D eigenvalue weighted by molar-refractivity contribution is 5.09. The maximum Gasteiger partial charge on any atom is 0.141 e. The lowest BCUT2D eigenvalue weighted by Gasteiger charge is -2.08. The molecule has 0 aliphatic rings. The molecule has 0 saturated heterocycles. The summed E-state index contributed by atoms with van der Waals surface area (Å²) in [4.78, 5) is 3.74. The van der Waals surface area contributed by atoms with Crippen LogP contribution in [0.5, 0.6) is 0 Å². The van der Waals surface area contributed by atoms with Crippen LogP contribution in [0.3, 0.4) is 0 Å². The largest absolute Gasteiger partial charge is 0.396 e. The monoisotopic (exact) mass is 198 g/mol. The molecule has 2 N–H and O–H groups in total. The van der Waals surface area contributed by atoms with E-state index in [1.807, 2.05) is 6.92 Å². The zero-order valence-corrected chi connectivity index (χ0v) is 8.20. The van der Waals surface area contributed by atoms with Crippen molar-refractivity contribution in [2.45, 2.75) is 13.5 Å². The van der Waals surface area contributed by atoms with Crippen molar-refractivity contribution < 1.29 is 9.50 Å². The number of hydrogen-bond acceptors (Lipinski definition) is 3. The second-order valence-electron chi connectivity index (χ2n) is 3.43. The Hall–Kier alpha value is -1.00. The molecular weight excluding hydrogens is 183 g/mol. The molecule has 4 heteroatoms. The van der Waals surface area contributed by atoms with E-state index >= 15 is 0 Å². The molecule has 0 fully saturated rings. The van der Waals surface area contributed by atoms with E-state index in [0.717, 1.165) is 5.56 Å².